The van der Waals surface area contributed by atoms with Gasteiger partial charge in [0.2, 0.25) is 5.78 Å². The van der Waals surface area contributed by atoms with Crippen LogP contribution in [0.4, 0.5) is 0 Å². The average molecular weight is 432 g/mol. The molecule has 0 heterocycles. The first-order chi connectivity index (χ1) is 13.6. The monoisotopic (exact) mass is 431 g/mol. The van der Waals surface area contributed by atoms with E-state index >= 15 is 0 Å². The molecule has 0 aromatic heterocycles. The van der Waals surface area contributed by atoms with E-state index in [1.807, 2.05) is 12.1 Å². The van der Waals surface area contributed by atoms with Crippen molar-refractivity contribution in [1.29, 1.82) is 5.26 Å². The molecule has 0 aliphatic heterocycles. The molecule has 0 bridgehead atoms. The number of ketones is 1. The van der Waals surface area contributed by atoms with E-state index in [0.29, 0.717) is 26.9 Å². The molecule has 0 spiro atoms. The summed E-state index contributed by atoms with van der Waals surface area (Å²) in [6.07, 6.45) is 1.51. The van der Waals surface area contributed by atoms with Gasteiger partial charge in [-0.3, -0.25) is 4.79 Å². The second-order valence-electron chi connectivity index (χ2n) is 5.80. The number of rotatable bonds is 5. The number of Topliss-reactive ketones (excluding diaryl/α,β-unsaturated/α-hetero) is 1. The van der Waals surface area contributed by atoms with Gasteiger partial charge in [0.1, 0.15) is 17.4 Å². The van der Waals surface area contributed by atoms with Crippen molar-refractivity contribution in [2.75, 3.05) is 0 Å². The van der Waals surface area contributed by atoms with E-state index in [4.69, 9.17) is 4.74 Å². The Kier molecular flexibility index (Phi) is 6.15. The van der Waals surface area contributed by atoms with E-state index < -0.39 is 5.97 Å². The van der Waals surface area contributed by atoms with Crippen molar-refractivity contribution in [3.05, 3.63) is 106 Å². The number of carbonyl (C=O) groups is 2. The summed E-state index contributed by atoms with van der Waals surface area (Å²) in [6, 6.07) is 24.1. The summed E-state index contributed by atoms with van der Waals surface area (Å²) < 4.78 is 6.01. The van der Waals surface area contributed by atoms with Crippen LogP contribution in [0.3, 0.4) is 0 Å². The van der Waals surface area contributed by atoms with E-state index in [1.54, 1.807) is 72.8 Å². The number of hydrogen-bond donors (Lipinski definition) is 0. The van der Waals surface area contributed by atoms with E-state index in [2.05, 4.69) is 15.9 Å². The lowest BCUT2D eigenvalue weighted by molar-refractivity contribution is 0.0733. The molecular weight excluding hydrogens is 418 g/mol. The summed E-state index contributed by atoms with van der Waals surface area (Å²) in [5.41, 5.74) is 1.56. The Bertz CT molecular complexity index is 1080. The van der Waals surface area contributed by atoms with Gasteiger partial charge in [-0.1, -0.05) is 54.6 Å². The first kappa shape index (κ1) is 19.3. The summed E-state index contributed by atoms with van der Waals surface area (Å²) in [5.74, 6) is -0.453. The fraction of sp³-hybridized carbons (Fsp3) is 0. The third kappa shape index (κ3) is 4.61. The van der Waals surface area contributed by atoms with E-state index in [1.165, 1.54) is 6.08 Å². The number of benzene rings is 3. The van der Waals surface area contributed by atoms with Gasteiger partial charge in [-0.25, -0.2) is 4.79 Å². The quantitative estimate of drug-likeness (QED) is 0.177. The first-order valence-electron chi connectivity index (χ1n) is 8.37. The lowest BCUT2D eigenvalue weighted by Crippen LogP contribution is -2.09. The number of esters is 1. The van der Waals surface area contributed by atoms with Crippen LogP contribution < -0.4 is 4.74 Å². The van der Waals surface area contributed by atoms with Crippen LogP contribution in [0.15, 0.2) is 88.9 Å². The standard InChI is InChI=1S/C23H14BrNO3/c24-21-9-5-4-8-20(21)23(27)28-19-12-10-16(11-13-19)14-18(15-25)22(26)17-6-2-1-3-7-17/h1-14H. The molecule has 0 fully saturated rings. The van der Waals surface area contributed by atoms with E-state index in [-0.39, 0.29) is 11.4 Å². The van der Waals surface area contributed by atoms with E-state index in [9.17, 15) is 14.9 Å². The Balaban J connectivity index is 1.76. The minimum Gasteiger partial charge on any atom is -0.423 e. The Morgan fingerprint density at radius 3 is 2.18 bits per heavy atom. The van der Waals surface area contributed by atoms with Gasteiger partial charge in [-0.05, 0) is 51.8 Å². The average Bonchev–Trinajstić information content (AvgIpc) is 2.73. The van der Waals surface area contributed by atoms with Crippen LogP contribution in [0.25, 0.3) is 6.08 Å². The molecule has 0 saturated carbocycles. The van der Waals surface area contributed by atoms with Crippen molar-refractivity contribution in [1.82, 2.24) is 0 Å². The van der Waals surface area contributed by atoms with Crippen molar-refractivity contribution < 1.29 is 14.3 Å². The maximum atomic E-state index is 12.4. The van der Waals surface area contributed by atoms with Crippen LogP contribution in [-0.4, -0.2) is 11.8 Å². The minimum atomic E-state index is -0.479. The molecule has 28 heavy (non-hydrogen) atoms. The highest BCUT2D eigenvalue weighted by Crippen LogP contribution is 2.20. The summed E-state index contributed by atoms with van der Waals surface area (Å²) in [6.45, 7) is 0. The molecule has 3 aromatic rings. The van der Waals surface area contributed by atoms with Crippen LogP contribution in [0.5, 0.6) is 5.75 Å². The molecule has 0 unspecified atom stereocenters. The number of carbonyl (C=O) groups excluding carboxylic acids is 2. The molecule has 0 radical (unpaired) electrons. The number of halogens is 1. The predicted molar refractivity (Wildman–Crippen MR) is 110 cm³/mol. The van der Waals surface area contributed by atoms with Crippen LogP contribution >= 0.6 is 15.9 Å². The van der Waals surface area contributed by atoms with Gasteiger partial charge in [-0.2, -0.15) is 5.26 Å². The van der Waals surface area contributed by atoms with Gasteiger partial charge in [0.05, 0.1) is 5.56 Å². The molecule has 4 nitrogen and oxygen atoms in total. The van der Waals surface area contributed by atoms with Gasteiger partial charge in [0.25, 0.3) is 0 Å². The maximum Gasteiger partial charge on any atom is 0.344 e. The number of hydrogen-bond acceptors (Lipinski definition) is 4. The molecule has 0 aliphatic rings. The number of ether oxygens (including phenoxy) is 1. The van der Waals surface area contributed by atoms with Gasteiger partial charge < -0.3 is 4.74 Å². The molecule has 3 rings (SSSR count). The Morgan fingerprint density at radius 1 is 0.893 bits per heavy atom. The molecule has 0 amide bonds. The smallest absolute Gasteiger partial charge is 0.344 e. The highest BCUT2D eigenvalue weighted by molar-refractivity contribution is 9.10. The van der Waals surface area contributed by atoms with Gasteiger partial charge in [-0.15, -0.1) is 0 Å². The lowest BCUT2D eigenvalue weighted by Gasteiger charge is -2.06. The summed E-state index contributed by atoms with van der Waals surface area (Å²) in [4.78, 5) is 24.7. The zero-order chi connectivity index (χ0) is 19.9. The Hall–Kier alpha value is -3.49. The molecular formula is C23H14BrNO3. The highest BCUT2D eigenvalue weighted by Gasteiger charge is 2.13. The van der Waals surface area contributed by atoms with Crippen LogP contribution in [0.2, 0.25) is 0 Å². The largest absolute Gasteiger partial charge is 0.423 e. The molecule has 3 aromatic carbocycles. The van der Waals surface area contributed by atoms with Gasteiger partial charge in [0, 0.05) is 10.0 Å². The number of nitrogens with zero attached hydrogens (tertiary/aromatic N) is 1. The number of nitriles is 1. The second-order valence-corrected chi connectivity index (χ2v) is 6.66. The van der Waals surface area contributed by atoms with Crippen LogP contribution in [0.1, 0.15) is 26.3 Å². The lowest BCUT2D eigenvalue weighted by atomic mass is 10.0. The predicted octanol–water partition coefficient (Wildman–Crippen LogP) is 5.46. The third-order valence-corrected chi connectivity index (χ3v) is 4.59. The van der Waals surface area contributed by atoms with Gasteiger partial charge >= 0.3 is 5.97 Å². The highest BCUT2D eigenvalue weighted by atomic mass is 79.9. The Labute approximate surface area is 170 Å². The van der Waals surface area contributed by atoms with Crippen molar-refractivity contribution in [2.24, 2.45) is 0 Å². The Morgan fingerprint density at radius 2 is 1.54 bits per heavy atom. The molecule has 0 aliphatic carbocycles. The third-order valence-electron chi connectivity index (χ3n) is 3.90. The van der Waals surface area contributed by atoms with Crippen molar-refractivity contribution in [2.45, 2.75) is 0 Å². The van der Waals surface area contributed by atoms with Crippen LogP contribution in [-0.2, 0) is 0 Å². The van der Waals surface area contributed by atoms with Crippen LogP contribution in [0, 0.1) is 11.3 Å². The summed E-state index contributed by atoms with van der Waals surface area (Å²) in [5, 5.41) is 9.33. The minimum absolute atomic E-state index is 0.0316. The fourth-order valence-electron chi connectivity index (χ4n) is 2.48. The number of allylic oxidation sites excluding steroid dienone is 1. The van der Waals surface area contributed by atoms with E-state index in [0.717, 1.165) is 0 Å². The SMILES string of the molecule is N#CC(=Cc1ccc(OC(=O)c2ccccc2Br)cc1)C(=O)c1ccccc1. The summed E-state index contributed by atoms with van der Waals surface area (Å²) in [7, 11) is 0. The maximum absolute atomic E-state index is 12.4. The zero-order valence-electron chi connectivity index (χ0n) is 14.6. The topological polar surface area (TPSA) is 67.2 Å². The van der Waals surface area contributed by atoms with Crippen molar-refractivity contribution in [3.8, 4) is 11.8 Å². The van der Waals surface area contributed by atoms with Gasteiger partial charge in [0.15, 0.2) is 0 Å². The summed E-state index contributed by atoms with van der Waals surface area (Å²) >= 11 is 3.32. The first-order valence-corrected chi connectivity index (χ1v) is 9.16. The normalized spacial score (nSPS) is 10.8. The zero-order valence-corrected chi connectivity index (χ0v) is 16.2. The van der Waals surface area contributed by atoms with Crippen molar-refractivity contribution >= 4 is 33.8 Å². The van der Waals surface area contributed by atoms with Crippen molar-refractivity contribution in [3.63, 3.8) is 0 Å². The molecule has 0 saturated heterocycles. The molecule has 0 N–H and O–H groups in total. The molecule has 5 heteroatoms. The second kappa shape index (κ2) is 8.94. The molecule has 136 valence electrons. The molecule has 0 atom stereocenters. The fourth-order valence-corrected chi connectivity index (χ4v) is 2.93.